The Labute approximate surface area is 185 Å². The van der Waals surface area contributed by atoms with Crippen molar-refractivity contribution in [2.45, 2.75) is 56.8 Å². The lowest BCUT2D eigenvalue weighted by atomic mass is 9.77. The minimum absolute atomic E-state index is 0.217. The van der Waals surface area contributed by atoms with Crippen molar-refractivity contribution in [3.05, 3.63) is 52.1 Å². The maximum atomic E-state index is 10.6. The molecule has 5 nitrogen and oxygen atoms in total. The fraction of sp³-hybridized carbons (Fsp3) is 0.522. The van der Waals surface area contributed by atoms with Crippen LogP contribution in [0.1, 0.15) is 38.5 Å². The van der Waals surface area contributed by atoms with E-state index < -0.39 is 12.1 Å². The summed E-state index contributed by atoms with van der Waals surface area (Å²) in [6.45, 7) is 0.229. The first kappa shape index (κ1) is 22.3. The van der Waals surface area contributed by atoms with Gasteiger partial charge in [-0.1, -0.05) is 24.3 Å². The highest BCUT2D eigenvalue weighted by Gasteiger charge is 2.46. The molecule has 2 saturated heterocycles. The molecular formula is C23H29IO5. The molecule has 0 unspecified atom stereocenters. The molecule has 0 radical (unpaired) electrons. The van der Waals surface area contributed by atoms with Gasteiger partial charge in [-0.3, -0.25) is 4.79 Å². The monoisotopic (exact) mass is 512 g/mol. The van der Waals surface area contributed by atoms with E-state index in [0.717, 1.165) is 35.0 Å². The number of carbonyl (C=O) groups is 1. The van der Waals surface area contributed by atoms with E-state index in [1.165, 1.54) is 0 Å². The third kappa shape index (κ3) is 6.83. The summed E-state index contributed by atoms with van der Waals surface area (Å²) >= 11 is 2.25. The third-order valence-electron chi connectivity index (χ3n) is 5.61. The molecule has 29 heavy (non-hydrogen) atoms. The standard InChI is InChI=1S/C23H29IO5/c24-16-7-10-18(11-8-16)28-15-17(25)9-12-20-19(21-13-14-22(20)29-21)5-3-1-2-4-6-23(26)27/h1,3,7-12,17,19-22,25H,2,4-6,13-15H2,(H,26,27)/b3-1+,12-9+/t17-,19+,20-,21+,22-/m1/s1. The van der Waals surface area contributed by atoms with Crippen molar-refractivity contribution in [1.82, 2.24) is 0 Å². The van der Waals surface area contributed by atoms with Gasteiger partial charge in [0.2, 0.25) is 0 Å². The normalized spacial score (nSPS) is 27.1. The van der Waals surface area contributed by atoms with E-state index in [1.807, 2.05) is 30.3 Å². The number of hydrogen-bond donors (Lipinski definition) is 2. The summed E-state index contributed by atoms with van der Waals surface area (Å²) in [5.74, 6) is 0.747. The van der Waals surface area contributed by atoms with E-state index in [2.05, 4.69) is 40.8 Å². The number of aliphatic carboxylic acids is 1. The van der Waals surface area contributed by atoms with E-state index in [9.17, 15) is 9.90 Å². The van der Waals surface area contributed by atoms with Crippen LogP contribution >= 0.6 is 22.6 Å². The zero-order valence-electron chi connectivity index (χ0n) is 16.5. The summed E-state index contributed by atoms with van der Waals surface area (Å²) in [6, 6.07) is 7.76. The minimum atomic E-state index is -0.741. The molecule has 0 spiro atoms. The molecule has 0 saturated carbocycles. The van der Waals surface area contributed by atoms with Crippen LogP contribution in [0.15, 0.2) is 48.6 Å². The van der Waals surface area contributed by atoms with Crippen molar-refractivity contribution < 1.29 is 24.5 Å². The smallest absolute Gasteiger partial charge is 0.303 e. The van der Waals surface area contributed by atoms with Crippen molar-refractivity contribution in [2.75, 3.05) is 6.61 Å². The summed E-state index contributed by atoms with van der Waals surface area (Å²) in [7, 11) is 0. The Kier molecular flexibility index (Phi) is 8.56. The number of hydrogen-bond acceptors (Lipinski definition) is 4. The maximum Gasteiger partial charge on any atom is 0.303 e. The van der Waals surface area contributed by atoms with E-state index >= 15 is 0 Å². The summed E-state index contributed by atoms with van der Waals surface area (Å²) in [6.07, 6.45) is 12.9. The van der Waals surface area contributed by atoms with Gasteiger partial charge in [-0.2, -0.15) is 0 Å². The number of ether oxygens (including phenoxy) is 2. The zero-order valence-corrected chi connectivity index (χ0v) is 18.6. The second-order valence-electron chi connectivity index (χ2n) is 7.74. The topological polar surface area (TPSA) is 76.0 Å². The van der Waals surface area contributed by atoms with Crippen LogP contribution in [0.25, 0.3) is 0 Å². The first-order valence-corrected chi connectivity index (χ1v) is 11.4. The Morgan fingerprint density at radius 2 is 2.00 bits per heavy atom. The van der Waals surface area contributed by atoms with Gasteiger partial charge in [0, 0.05) is 15.9 Å². The van der Waals surface area contributed by atoms with Gasteiger partial charge in [0.05, 0.1) is 12.2 Å². The number of carboxylic acids is 1. The highest BCUT2D eigenvalue weighted by atomic mass is 127. The highest BCUT2D eigenvalue weighted by Crippen LogP contribution is 2.45. The maximum absolute atomic E-state index is 10.6. The molecule has 0 aliphatic carbocycles. The van der Waals surface area contributed by atoms with Gasteiger partial charge in [-0.25, -0.2) is 0 Å². The van der Waals surface area contributed by atoms with E-state index in [4.69, 9.17) is 14.6 Å². The molecule has 2 bridgehead atoms. The SMILES string of the molecule is O=C(O)CCC/C=C/C[C@H]1[C@@H](/C=C/[C@@H](O)COc2ccc(I)cc2)[C@H]2CC[C@@H]1O2. The Balaban J connectivity index is 1.46. The van der Waals surface area contributed by atoms with Crippen molar-refractivity contribution in [3.8, 4) is 5.75 Å². The van der Waals surface area contributed by atoms with Gasteiger partial charge in [0.15, 0.2) is 0 Å². The molecule has 2 N–H and O–H groups in total. The molecule has 1 aromatic carbocycles. The predicted molar refractivity (Wildman–Crippen MR) is 120 cm³/mol. The number of carboxylic acid groups (broad SMARTS) is 1. The first-order chi connectivity index (χ1) is 14.0. The number of aliphatic hydroxyl groups excluding tert-OH is 1. The van der Waals surface area contributed by atoms with Crippen molar-refractivity contribution in [3.63, 3.8) is 0 Å². The molecule has 2 aliphatic rings. The number of allylic oxidation sites excluding steroid dienone is 2. The number of rotatable bonds is 11. The van der Waals surface area contributed by atoms with Crippen molar-refractivity contribution in [1.29, 1.82) is 0 Å². The van der Waals surface area contributed by atoms with Gasteiger partial charge in [0.1, 0.15) is 18.5 Å². The Hall–Kier alpha value is -1.38. The van der Waals surface area contributed by atoms with E-state index in [1.54, 1.807) is 0 Å². The molecule has 6 heteroatoms. The van der Waals surface area contributed by atoms with E-state index in [-0.39, 0.29) is 19.1 Å². The van der Waals surface area contributed by atoms with Crippen molar-refractivity contribution in [2.24, 2.45) is 11.8 Å². The van der Waals surface area contributed by atoms with Crippen LogP contribution in [-0.2, 0) is 9.53 Å². The fourth-order valence-electron chi connectivity index (χ4n) is 4.15. The first-order valence-electron chi connectivity index (χ1n) is 10.3. The molecule has 0 amide bonds. The molecule has 2 fully saturated rings. The van der Waals surface area contributed by atoms with Gasteiger partial charge in [-0.15, -0.1) is 0 Å². The molecule has 158 valence electrons. The van der Waals surface area contributed by atoms with Crippen LogP contribution in [0.4, 0.5) is 0 Å². The molecule has 3 rings (SSSR count). The lowest BCUT2D eigenvalue weighted by Gasteiger charge is -2.25. The van der Waals surface area contributed by atoms with Crippen LogP contribution in [-0.4, -0.2) is 41.1 Å². The second kappa shape index (κ2) is 11.1. The van der Waals surface area contributed by atoms with Crippen LogP contribution in [0.2, 0.25) is 0 Å². The molecule has 0 aromatic heterocycles. The third-order valence-corrected chi connectivity index (χ3v) is 6.33. The Morgan fingerprint density at radius 1 is 1.24 bits per heavy atom. The van der Waals surface area contributed by atoms with Gasteiger partial charge < -0.3 is 19.7 Å². The quantitative estimate of drug-likeness (QED) is 0.258. The summed E-state index contributed by atoms with van der Waals surface area (Å²) in [4.78, 5) is 10.6. The summed E-state index contributed by atoms with van der Waals surface area (Å²) in [5, 5.41) is 19.0. The molecular weight excluding hydrogens is 483 g/mol. The van der Waals surface area contributed by atoms with Crippen LogP contribution < -0.4 is 4.74 Å². The van der Waals surface area contributed by atoms with Crippen molar-refractivity contribution >= 4 is 28.6 Å². The predicted octanol–water partition coefficient (Wildman–Crippen LogP) is 4.58. The fourth-order valence-corrected chi connectivity index (χ4v) is 4.51. The van der Waals surface area contributed by atoms with Gasteiger partial charge >= 0.3 is 5.97 Å². The number of halogens is 1. The number of aliphatic hydroxyl groups is 1. The van der Waals surface area contributed by atoms with Crippen LogP contribution in [0.5, 0.6) is 5.75 Å². The number of benzene rings is 1. The second-order valence-corrected chi connectivity index (χ2v) is 8.99. The average Bonchev–Trinajstić information content (AvgIpc) is 3.30. The zero-order chi connectivity index (χ0) is 20.6. The summed E-state index contributed by atoms with van der Waals surface area (Å²) in [5.41, 5.74) is 0. The van der Waals surface area contributed by atoms with E-state index in [0.29, 0.717) is 24.4 Å². The van der Waals surface area contributed by atoms with Crippen LogP contribution in [0.3, 0.4) is 0 Å². The molecule has 5 atom stereocenters. The number of fused-ring (bicyclic) bond motifs is 2. The largest absolute Gasteiger partial charge is 0.491 e. The molecule has 2 heterocycles. The Morgan fingerprint density at radius 3 is 2.76 bits per heavy atom. The molecule has 1 aromatic rings. The van der Waals surface area contributed by atoms with Gasteiger partial charge in [0.25, 0.3) is 0 Å². The lowest BCUT2D eigenvalue weighted by molar-refractivity contribution is -0.137. The van der Waals surface area contributed by atoms with Gasteiger partial charge in [-0.05, 0) is 84.9 Å². The Bertz CT molecular complexity index is 714. The van der Waals surface area contributed by atoms with Crippen LogP contribution in [0, 0.1) is 15.4 Å². The lowest BCUT2D eigenvalue weighted by Crippen LogP contribution is -2.26. The highest BCUT2D eigenvalue weighted by molar-refractivity contribution is 14.1. The number of unbranched alkanes of at least 4 members (excludes halogenated alkanes) is 1. The average molecular weight is 512 g/mol. The minimum Gasteiger partial charge on any atom is -0.491 e. The molecule has 2 aliphatic heterocycles. The summed E-state index contributed by atoms with van der Waals surface area (Å²) < 4.78 is 12.9.